The van der Waals surface area contributed by atoms with Gasteiger partial charge in [0.05, 0.1) is 12.5 Å². The number of methoxy groups -OCH3 is 1. The number of hydrogen-bond acceptors (Lipinski definition) is 5. The molecule has 2 aromatic carbocycles. The number of rotatable bonds is 5. The van der Waals surface area contributed by atoms with Crippen molar-refractivity contribution in [3.8, 4) is 5.75 Å². The summed E-state index contributed by atoms with van der Waals surface area (Å²) in [6.07, 6.45) is 6.76. The lowest BCUT2D eigenvalue weighted by atomic mass is 10.2. The van der Waals surface area contributed by atoms with E-state index in [-0.39, 0.29) is 17.5 Å². The standard InChI is InChI=1S/C23H15ClFNO4/c1-28-18-6-2-4-16-21-23(30-22(16)18)19(12-13-27)29-20(26-21)7-3-5-17(24)14-8-10-15(25)11-9-14/h2-13H,1H3/b7-3+,17-5-,19-12+. The van der Waals surface area contributed by atoms with Crippen LogP contribution in [0.15, 0.2) is 76.2 Å². The number of furan rings is 1. The molecule has 30 heavy (non-hydrogen) atoms. The van der Waals surface area contributed by atoms with E-state index in [2.05, 4.69) is 4.99 Å². The van der Waals surface area contributed by atoms with Crippen molar-refractivity contribution in [1.29, 1.82) is 0 Å². The zero-order valence-corrected chi connectivity index (χ0v) is 16.5. The van der Waals surface area contributed by atoms with E-state index >= 15 is 0 Å². The summed E-state index contributed by atoms with van der Waals surface area (Å²) >= 11 is 6.25. The normalized spacial score (nSPS) is 15.2. The van der Waals surface area contributed by atoms with Crippen LogP contribution in [-0.4, -0.2) is 19.3 Å². The largest absolute Gasteiger partial charge is 0.493 e. The molecule has 0 atom stereocenters. The highest BCUT2D eigenvalue weighted by Gasteiger charge is 2.26. The summed E-state index contributed by atoms with van der Waals surface area (Å²) < 4.78 is 29.9. The highest BCUT2D eigenvalue weighted by Crippen LogP contribution is 2.43. The van der Waals surface area contributed by atoms with Gasteiger partial charge in [-0.1, -0.05) is 35.9 Å². The van der Waals surface area contributed by atoms with Crippen molar-refractivity contribution >= 4 is 51.2 Å². The molecule has 2 heterocycles. The summed E-state index contributed by atoms with van der Waals surface area (Å²) in [6.45, 7) is 0. The Morgan fingerprint density at radius 3 is 2.73 bits per heavy atom. The van der Waals surface area contributed by atoms with Crippen LogP contribution in [0.1, 0.15) is 11.3 Å². The summed E-state index contributed by atoms with van der Waals surface area (Å²) in [5.41, 5.74) is 1.72. The topological polar surface area (TPSA) is 61.0 Å². The van der Waals surface area contributed by atoms with Crippen LogP contribution in [0.5, 0.6) is 5.75 Å². The summed E-state index contributed by atoms with van der Waals surface area (Å²) in [6, 6.07) is 11.3. The van der Waals surface area contributed by atoms with Crippen molar-refractivity contribution in [3.05, 3.63) is 83.9 Å². The number of allylic oxidation sites excluding steroid dienone is 3. The number of nitrogens with zero attached hydrogens (tertiary/aromatic N) is 1. The highest BCUT2D eigenvalue weighted by molar-refractivity contribution is 6.48. The first kappa shape index (κ1) is 19.7. The van der Waals surface area contributed by atoms with Crippen molar-refractivity contribution in [3.63, 3.8) is 0 Å². The van der Waals surface area contributed by atoms with Gasteiger partial charge < -0.3 is 13.9 Å². The maximum atomic E-state index is 13.0. The summed E-state index contributed by atoms with van der Waals surface area (Å²) in [5.74, 6) is 1.05. The van der Waals surface area contributed by atoms with Crippen LogP contribution < -0.4 is 4.74 Å². The lowest BCUT2D eigenvalue weighted by molar-refractivity contribution is -0.104. The lowest BCUT2D eigenvalue weighted by Crippen LogP contribution is -2.05. The molecule has 0 amide bonds. The molecule has 3 aromatic rings. The van der Waals surface area contributed by atoms with E-state index in [1.54, 1.807) is 43.5 Å². The maximum Gasteiger partial charge on any atom is 0.220 e. The highest BCUT2D eigenvalue weighted by atomic mass is 35.5. The lowest BCUT2D eigenvalue weighted by Gasteiger charge is -2.12. The Balaban J connectivity index is 1.71. The number of carbonyl (C=O) groups is 1. The molecule has 0 radical (unpaired) electrons. The molecule has 7 heteroatoms. The van der Waals surface area contributed by atoms with Gasteiger partial charge in [-0.15, -0.1) is 0 Å². The average molecular weight is 424 g/mol. The van der Waals surface area contributed by atoms with Crippen LogP contribution in [0.3, 0.4) is 0 Å². The first-order valence-electron chi connectivity index (χ1n) is 8.92. The van der Waals surface area contributed by atoms with Gasteiger partial charge in [0.15, 0.2) is 22.9 Å². The minimum Gasteiger partial charge on any atom is -0.493 e. The molecule has 4 rings (SSSR count). The molecular weight excluding hydrogens is 409 g/mol. The molecule has 0 bridgehead atoms. The Bertz CT molecular complexity index is 1240. The Morgan fingerprint density at radius 2 is 2.00 bits per heavy atom. The number of halogens is 2. The monoisotopic (exact) mass is 423 g/mol. The molecule has 0 unspecified atom stereocenters. The fourth-order valence-corrected chi connectivity index (χ4v) is 3.17. The number of fused-ring (bicyclic) bond motifs is 3. The molecule has 1 aliphatic heterocycles. The number of carbonyl (C=O) groups excluding carboxylic acids is 1. The minimum atomic E-state index is -0.335. The number of hydrogen-bond donors (Lipinski definition) is 0. The average Bonchev–Trinajstić information content (AvgIpc) is 3.13. The van der Waals surface area contributed by atoms with Crippen molar-refractivity contribution in [2.24, 2.45) is 4.99 Å². The van der Waals surface area contributed by atoms with Crippen LogP contribution in [0.2, 0.25) is 0 Å². The van der Waals surface area contributed by atoms with Gasteiger partial charge in [0.25, 0.3) is 0 Å². The maximum absolute atomic E-state index is 13.0. The fourth-order valence-electron chi connectivity index (χ4n) is 2.97. The first-order valence-corrected chi connectivity index (χ1v) is 9.30. The molecule has 0 fully saturated rings. The number of aliphatic imine (C=N–C) groups is 1. The molecule has 150 valence electrons. The first-order chi connectivity index (χ1) is 14.6. The second-order valence-electron chi connectivity index (χ2n) is 6.22. The zero-order valence-electron chi connectivity index (χ0n) is 15.8. The zero-order chi connectivity index (χ0) is 21.1. The van der Waals surface area contributed by atoms with Gasteiger partial charge in [-0.2, -0.15) is 0 Å². The van der Waals surface area contributed by atoms with E-state index in [9.17, 15) is 9.18 Å². The third kappa shape index (κ3) is 3.77. The van der Waals surface area contributed by atoms with Gasteiger partial charge in [-0.25, -0.2) is 9.38 Å². The van der Waals surface area contributed by atoms with Gasteiger partial charge in [-0.3, -0.25) is 4.79 Å². The van der Waals surface area contributed by atoms with Crippen molar-refractivity contribution < 1.29 is 23.1 Å². The van der Waals surface area contributed by atoms with Gasteiger partial charge in [0.2, 0.25) is 5.90 Å². The Labute approximate surface area is 176 Å². The molecule has 0 spiro atoms. The molecule has 0 N–H and O–H groups in total. The van der Waals surface area contributed by atoms with Gasteiger partial charge in [0.1, 0.15) is 17.8 Å². The van der Waals surface area contributed by atoms with E-state index in [0.717, 1.165) is 5.39 Å². The molecule has 1 aromatic heterocycles. The molecular formula is C23H15ClFNO4. The molecule has 0 aliphatic carbocycles. The smallest absolute Gasteiger partial charge is 0.220 e. The van der Waals surface area contributed by atoms with E-state index in [4.69, 9.17) is 25.5 Å². The van der Waals surface area contributed by atoms with E-state index in [1.807, 2.05) is 12.1 Å². The number of aldehydes is 1. The summed E-state index contributed by atoms with van der Waals surface area (Å²) in [4.78, 5) is 15.6. The summed E-state index contributed by atoms with van der Waals surface area (Å²) in [5, 5.41) is 1.15. The molecule has 1 aliphatic rings. The molecule has 0 saturated carbocycles. The van der Waals surface area contributed by atoms with Crippen molar-refractivity contribution in [1.82, 2.24) is 0 Å². The SMILES string of the molecule is COc1cccc2c3c(oc12)/C(=C\C=O)OC(/C=C/C=C(\Cl)c1ccc(F)cc1)=N3. The van der Waals surface area contributed by atoms with Gasteiger partial charge >= 0.3 is 0 Å². The van der Waals surface area contributed by atoms with Crippen LogP contribution in [0.4, 0.5) is 10.1 Å². The van der Waals surface area contributed by atoms with E-state index in [0.29, 0.717) is 39.7 Å². The van der Waals surface area contributed by atoms with E-state index < -0.39 is 0 Å². The van der Waals surface area contributed by atoms with Crippen molar-refractivity contribution in [2.75, 3.05) is 7.11 Å². The van der Waals surface area contributed by atoms with Crippen LogP contribution >= 0.6 is 11.6 Å². The quantitative estimate of drug-likeness (QED) is 0.286. The van der Waals surface area contributed by atoms with Crippen LogP contribution in [0, 0.1) is 5.82 Å². The molecule has 5 nitrogen and oxygen atoms in total. The Hall–Kier alpha value is -3.64. The minimum absolute atomic E-state index is 0.238. The van der Waals surface area contributed by atoms with Crippen molar-refractivity contribution in [2.45, 2.75) is 0 Å². The number of benzene rings is 2. The Kier molecular flexibility index (Phi) is 5.50. The fraction of sp³-hybridized carbons (Fsp3) is 0.0435. The predicted molar refractivity (Wildman–Crippen MR) is 114 cm³/mol. The number of para-hydroxylation sites is 1. The molecule has 0 saturated heterocycles. The number of ether oxygens (including phenoxy) is 2. The van der Waals surface area contributed by atoms with E-state index in [1.165, 1.54) is 18.2 Å². The summed E-state index contributed by atoms with van der Waals surface area (Å²) in [7, 11) is 1.55. The third-order valence-electron chi connectivity index (χ3n) is 4.35. The predicted octanol–water partition coefficient (Wildman–Crippen LogP) is 6.02. The van der Waals surface area contributed by atoms with Crippen LogP contribution in [-0.2, 0) is 9.53 Å². The van der Waals surface area contributed by atoms with Crippen LogP contribution in [0.25, 0.3) is 21.8 Å². The second-order valence-corrected chi connectivity index (χ2v) is 6.62. The van der Waals surface area contributed by atoms with Gasteiger partial charge in [-0.05, 0) is 35.9 Å². The second kappa shape index (κ2) is 8.39. The van der Waals surface area contributed by atoms with Gasteiger partial charge in [0, 0.05) is 17.2 Å². The Morgan fingerprint density at radius 1 is 1.20 bits per heavy atom. The third-order valence-corrected chi connectivity index (χ3v) is 4.70.